The number of nitrogens with two attached hydrogens (primary N) is 1. The Labute approximate surface area is 128 Å². The van der Waals surface area contributed by atoms with Crippen molar-refractivity contribution in [1.82, 2.24) is 4.98 Å². The fourth-order valence-electron chi connectivity index (χ4n) is 2.26. The van der Waals surface area contributed by atoms with E-state index in [0.717, 1.165) is 28.1 Å². The first-order valence-corrected chi connectivity index (χ1v) is 7.64. The van der Waals surface area contributed by atoms with Crippen LogP contribution >= 0.6 is 0 Å². The van der Waals surface area contributed by atoms with Crippen LogP contribution in [0.15, 0.2) is 29.3 Å². The summed E-state index contributed by atoms with van der Waals surface area (Å²) < 4.78 is 0. The molecule has 0 saturated carbocycles. The average molecular weight is 285 g/mol. The van der Waals surface area contributed by atoms with Crippen LogP contribution in [0.1, 0.15) is 46.1 Å². The summed E-state index contributed by atoms with van der Waals surface area (Å²) in [6.45, 7) is 10.6. The standard InChI is InChI=1S/C12H13N3.C6H14/c1-3-14-11-8(2)9-6-4-5-7-10(9)15-12(11)13;1-4-5-6(2)3/h3-7H,1-2H3,(H2,13,15);6H,4-5H2,1-3H3. The van der Waals surface area contributed by atoms with Gasteiger partial charge in [-0.25, -0.2) is 4.98 Å². The first-order valence-electron chi connectivity index (χ1n) is 7.64. The van der Waals surface area contributed by atoms with Crippen LogP contribution < -0.4 is 5.73 Å². The number of aromatic nitrogens is 1. The molecule has 114 valence electrons. The summed E-state index contributed by atoms with van der Waals surface area (Å²) in [7, 11) is 0. The van der Waals surface area contributed by atoms with Crippen LogP contribution in [0.25, 0.3) is 10.9 Å². The average Bonchev–Trinajstić information content (AvgIpc) is 2.44. The number of benzene rings is 1. The fourth-order valence-corrected chi connectivity index (χ4v) is 2.26. The molecule has 3 nitrogen and oxygen atoms in total. The van der Waals surface area contributed by atoms with Gasteiger partial charge in [-0.1, -0.05) is 51.8 Å². The number of nitrogens with zero attached hydrogens (tertiary/aromatic N) is 2. The Morgan fingerprint density at radius 2 is 1.95 bits per heavy atom. The molecule has 0 unspecified atom stereocenters. The first-order chi connectivity index (χ1) is 10.0. The molecule has 0 aliphatic heterocycles. The molecule has 0 aliphatic rings. The first kappa shape index (κ1) is 17.2. The summed E-state index contributed by atoms with van der Waals surface area (Å²) in [6.07, 6.45) is 4.44. The van der Waals surface area contributed by atoms with Gasteiger partial charge in [0.2, 0.25) is 0 Å². The second-order valence-corrected chi connectivity index (χ2v) is 5.56. The number of aryl methyl sites for hydroxylation is 1. The molecule has 0 saturated heterocycles. The highest BCUT2D eigenvalue weighted by molar-refractivity contribution is 5.90. The third-order valence-electron chi connectivity index (χ3n) is 3.27. The lowest BCUT2D eigenvalue weighted by Gasteiger charge is -2.07. The van der Waals surface area contributed by atoms with Crippen molar-refractivity contribution in [3.8, 4) is 0 Å². The number of hydrogen-bond donors (Lipinski definition) is 1. The Kier molecular flexibility index (Phi) is 6.86. The maximum absolute atomic E-state index is 5.85. The molecule has 0 atom stereocenters. The van der Waals surface area contributed by atoms with E-state index in [1.54, 1.807) is 6.21 Å². The minimum absolute atomic E-state index is 0.490. The predicted octanol–water partition coefficient (Wildman–Crippen LogP) is 5.29. The third-order valence-corrected chi connectivity index (χ3v) is 3.27. The summed E-state index contributed by atoms with van der Waals surface area (Å²) in [5.41, 5.74) is 8.62. The third kappa shape index (κ3) is 4.85. The number of hydrogen-bond acceptors (Lipinski definition) is 3. The van der Waals surface area contributed by atoms with Crippen molar-refractivity contribution in [2.24, 2.45) is 10.9 Å². The van der Waals surface area contributed by atoms with Gasteiger partial charge >= 0.3 is 0 Å². The van der Waals surface area contributed by atoms with E-state index in [0.29, 0.717) is 5.82 Å². The highest BCUT2D eigenvalue weighted by atomic mass is 14.9. The summed E-state index contributed by atoms with van der Waals surface area (Å²) in [6, 6.07) is 7.94. The topological polar surface area (TPSA) is 51.3 Å². The molecular weight excluding hydrogens is 258 g/mol. The van der Waals surface area contributed by atoms with E-state index in [1.807, 2.05) is 38.1 Å². The summed E-state index contributed by atoms with van der Waals surface area (Å²) >= 11 is 0. The maximum Gasteiger partial charge on any atom is 0.150 e. The molecule has 2 rings (SSSR count). The van der Waals surface area contributed by atoms with E-state index in [9.17, 15) is 0 Å². The lowest BCUT2D eigenvalue weighted by atomic mass is 10.1. The van der Waals surface area contributed by atoms with Crippen molar-refractivity contribution in [2.75, 3.05) is 5.73 Å². The molecule has 1 heterocycles. The summed E-state index contributed by atoms with van der Waals surface area (Å²) in [5.74, 6) is 1.39. The lowest BCUT2D eigenvalue weighted by molar-refractivity contribution is 0.576. The molecule has 1 aromatic heterocycles. The Morgan fingerprint density at radius 1 is 1.29 bits per heavy atom. The van der Waals surface area contributed by atoms with Gasteiger partial charge in [0, 0.05) is 11.6 Å². The zero-order chi connectivity index (χ0) is 15.8. The number of nitrogen functional groups attached to an aromatic ring is 1. The minimum atomic E-state index is 0.490. The van der Waals surface area contributed by atoms with Crippen molar-refractivity contribution < 1.29 is 0 Å². The molecule has 2 N–H and O–H groups in total. The summed E-state index contributed by atoms with van der Waals surface area (Å²) in [4.78, 5) is 8.56. The fraction of sp³-hybridized carbons (Fsp3) is 0.444. The number of pyridine rings is 1. The van der Waals surface area contributed by atoms with E-state index in [1.165, 1.54) is 12.8 Å². The second kappa shape index (κ2) is 8.40. The molecule has 0 aliphatic carbocycles. The highest BCUT2D eigenvalue weighted by Gasteiger charge is 2.07. The van der Waals surface area contributed by atoms with Gasteiger partial charge in [-0.3, -0.25) is 4.99 Å². The van der Waals surface area contributed by atoms with Gasteiger partial charge in [-0.15, -0.1) is 0 Å². The molecular formula is C18H27N3. The molecule has 0 amide bonds. The number of para-hydroxylation sites is 1. The molecule has 1 aromatic carbocycles. The van der Waals surface area contributed by atoms with Gasteiger partial charge in [0.05, 0.1) is 5.52 Å². The van der Waals surface area contributed by atoms with Crippen LogP contribution in [0, 0.1) is 12.8 Å². The van der Waals surface area contributed by atoms with E-state index in [4.69, 9.17) is 5.73 Å². The van der Waals surface area contributed by atoms with Crippen molar-refractivity contribution in [1.29, 1.82) is 0 Å². The Morgan fingerprint density at radius 3 is 2.48 bits per heavy atom. The van der Waals surface area contributed by atoms with Crippen molar-refractivity contribution in [3.63, 3.8) is 0 Å². The molecule has 0 bridgehead atoms. The number of rotatable bonds is 3. The van der Waals surface area contributed by atoms with E-state index in [-0.39, 0.29) is 0 Å². The summed E-state index contributed by atoms with van der Waals surface area (Å²) in [5, 5.41) is 1.10. The molecule has 0 radical (unpaired) electrons. The smallest absolute Gasteiger partial charge is 0.150 e. The van der Waals surface area contributed by atoms with Crippen LogP contribution in [-0.4, -0.2) is 11.2 Å². The molecule has 21 heavy (non-hydrogen) atoms. The highest BCUT2D eigenvalue weighted by Crippen LogP contribution is 2.30. The zero-order valence-electron chi connectivity index (χ0n) is 13.9. The normalized spacial score (nSPS) is 11.0. The quantitative estimate of drug-likeness (QED) is 0.779. The predicted molar refractivity (Wildman–Crippen MR) is 94.5 cm³/mol. The SMILES string of the molecule is CC=Nc1c(N)nc2ccccc2c1C.CCCC(C)C. The second-order valence-electron chi connectivity index (χ2n) is 5.56. The molecule has 0 spiro atoms. The molecule has 3 heteroatoms. The lowest BCUT2D eigenvalue weighted by Crippen LogP contribution is -1.94. The minimum Gasteiger partial charge on any atom is -0.382 e. The van der Waals surface area contributed by atoms with E-state index >= 15 is 0 Å². The van der Waals surface area contributed by atoms with Gasteiger partial charge in [0.1, 0.15) is 11.5 Å². The molecule has 2 aromatic rings. The Bertz CT molecular complexity index is 601. The van der Waals surface area contributed by atoms with E-state index in [2.05, 4.69) is 30.7 Å². The monoisotopic (exact) mass is 285 g/mol. The van der Waals surface area contributed by atoms with Gasteiger partial charge in [0.15, 0.2) is 0 Å². The van der Waals surface area contributed by atoms with Gasteiger partial charge in [-0.05, 0) is 31.4 Å². The maximum atomic E-state index is 5.85. The number of anilines is 1. The largest absolute Gasteiger partial charge is 0.382 e. The number of fused-ring (bicyclic) bond motifs is 1. The Hall–Kier alpha value is -1.90. The van der Waals surface area contributed by atoms with Crippen LogP contribution in [0.2, 0.25) is 0 Å². The van der Waals surface area contributed by atoms with Crippen LogP contribution in [0.4, 0.5) is 11.5 Å². The van der Waals surface area contributed by atoms with Crippen molar-refractivity contribution in [3.05, 3.63) is 29.8 Å². The van der Waals surface area contributed by atoms with E-state index < -0.39 is 0 Å². The van der Waals surface area contributed by atoms with Gasteiger partial charge < -0.3 is 5.73 Å². The van der Waals surface area contributed by atoms with Crippen LogP contribution in [0.3, 0.4) is 0 Å². The molecule has 0 fully saturated rings. The van der Waals surface area contributed by atoms with Gasteiger partial charge in [0.25, 0.3) is 0 Å². The van der Waals surface area contributed by atoms with Gasteiger partial charge in [-0.2, -0.15) is 0 Å². The van der Waals surface area contributed by atoms with Crippen molar-refractivity contribution in [2.45, 2.75) is 47.5 Å². The van der Waals surface area contributed by atoms with Crippen LogP contribution in [0.5, 0.6) is 0 Å². The Balaban J connectivity index is 0.000000315. The van der Waals surface area contributed by atoms with Crippen molar-refractivity contribution >= 4 is 28.6 Å². The van der Waals surface area contributed by atoms with Crippen LogP contribution in [-0.2, 0) is 0 Å². The zero-order valence-corrected chi connectivity index (χ0v) is 13.9. The number of aliphatic imine (C=N–C) groups is 1.